The molecule has 1 amide bonds. The second-order valence-electron chi connectivity index (χ2n) is 6.33. The largest absolute Gasteiger partial charge is 0.497 e. The standard InChI is InChI=1S/C22H20ClFN2O4/c1-3-30-22(28)21-18(25-20(27)12-14-4-6-15(24)7-5-14)13-19(23)26(21)16-8-10-17(29-2)11-9-16/h4-11,13H,3,12H2,1-2H3,(H,25,27). The number of nitrogens with one attached hydrogen (secondary N) is 1. The monoisotopic (exact) mass is 430 g/mol. The van der Waals surface area contributed by atoms with Gasteiger partial charge in [0.2, 0.25) is 5.91 Å². The van der Waals surface area contributed by atoms with Crippen LogP contribution in [-0.4, -0.2) is 30.2 Å². The number of carbonyl (C=O) groups excluding carboxylic acids is 2. The lowest BCUT2D eigenvalue weighted by Gasteiger charge is -2.12. The summed E-state index contributed by atoms with van der Waals surface area (Å²) in [5, 5.41) is 2.93. The molecule has 3 rings (SSSR count). The Hall–Kier alpha value is -3.32. The minimum Gasteiger partial charge on any atom is -0.497 e. The van der Waals surface area contributed by atoms with Crippen molar-refractivity contribution in [2.24, 2.45) is 0 Å². The molecule has 1 heterocycles. The minimum atomic E-state index is -0.627. The highest BCUT2D eigenvalue weighted by molar-refractivity contribution is 6.31. The van der Waals surface area contributed by atoms with Gasteiger partial charge < -0.3 is 14.8 Å². The fourth-order valence-corrected chi connectivity index (χ4v) is 3.23. The van der Waals surface area contributed by atoms with Crippen LogP contribution in [0, 0.1) is 5.82 Å². The Labute approximate surface area is 178 Å². The molecule has 30 heavy (non-hydrogen) atoms. The van der Waals surface area contributed by atoms with Crippen LogP contribution in [0.5, 0.6) is 5.75 Å². The predicted molar refractivity (Wildman–Crippen MR) is 112 cm³/mol. The van der Waals surface area contributed by atoms with Crippen molar-refractivity contribution in [2.45, 2.75) is 13.3 Å². The van der Waals surface area contributed by atoms with Gasteiger partial charge in [-0.2, -0.15) is 0 Å². The van der Waals surface area contributed by atoms with E-state index in [4.69, 9.17) is 21.1 Å². The van der Waals surface area contributed by atoms with Crippen molar-refractivity contribution in [2.75, 3.05) is 19.0 Å². The van der Waals surface area contributed by atoms with Crippen molar-refractivity contribution in [3.63, 3.8) is 0 Å². The number of amides is 1. The van der Waals surface area contributed by atoms with E-state index >= 15 is 0 Å². The SMILES string of the molecule is CCOC(=O)c1c(NC(=O)Cc2ccc(F)cc2)cc(Cl)n1-c1ccc(OC)cc1. The Morgan fingerprint density at radius 2 is 1.77 bits per heavy atom. The first-order valence-corrected chi connectivity index (χ1v) is 9.57. The Morgan fingerprint density at radius 1 is 1.10 bits per heavy atom. The maximum atomic E-state index is 13.1. The number of rotatable bonds is 7. The fourth-order valence-electron chi connectivity index (χ4n) is 2.94. The lowest BCUT2D eigenvalue weighted by molar-refractivity contribution is -0.115. The van der Waals surface area contributed by atoms with E-state index in [1.165, 1.54) is 34.9 Å². The number of hydrogen-bond acceptors (Lipinski definition) is 4. The molecular formula is C22H20ClFN2O4. The number of methoxy groups -OCH3 is 1. The van der Waals surface area contributed by atoms with E-state index in [0.29, 0.717) is 17.0 Å². The van der Waals surface area contributed by atoms with E-state index in [1.807, 2.05) is 0 Å². The van der Waals surface area contributed by atoms with Crippen LogP contribution in [0.15, 0.2) is 54.6 Å². The number of benzene rings is 2. The van der Waals surface area contributed by atoms with Gasteiger partial charge in [0, 0.05) is 5.69 Å². The highest BCUT2D eigenvalue weighted by Crippen LogP contribution is 2.31. The van der Waals surface area contributed by atoms with Gasteiger partial charge in [0.1, 0.15) is 16.7 Å². The van der Waals surface area contributed by atoms with Gasteiger partial charge in [-0.25, -0.2) is 9.18 Å². The van der Waals surface area contributed by atoms with Gasteiger partial charge >= 0.3 is 5.97 Å². The molecule has 0 atom stereocenters. The van der Waals surface area contributed by atoms with E-state index in [1.54, 1.807) is 38.3 Å². The third-order valence-corrected chi connectivity index (χ3v) is 4.59. The number of anilines is 1. The molecule has 0 aliphatic rings. The number of halogens is 2. The lowest BCUT2D eigenvalue weighted by Crippen LogP contribution is -2.18. The molecule has 0 saturated heterocycles. The fraction of sp³-hybridized carbons (Fsp3) is 0.182. The topological polar surface area (TPSA) is 69.6 Å². The van der Waals surface area contributed by atoms with Crippen molar-refractivity contribution in [3.05, 3.63) is 76.8 Å². The van der Waals surface area contributed by atoms with Crippen LogP contribution in [0.1, 0.15) is 23.0 Å². The summed E-state index contributed by atoms with van der Waals surface area (Å²) in [5.41, 5.74) is 1.55. The van der Waals surface area contributed by atoms with Crippen molar-refractivity contribution in [3.8, 4) is 11.4 Å². The molecule has 6 nitrogen and oxygen atoms in total. The third kappa shape index (κ3) is 4.80. The van der Waals surface area contributed by atoms with Gasteiger partial charge in [0.15, 0.2) is 5.69 Å². The number of ether oxygens (including phenoxy) is 2. The molecule has 0 fully saturated rings. The predicted octanol–water partition coefficient (Wildman–Crippen LogP) is 4.64. The number of carbonyl (C=O) groups is 2. The maximum Gasteiger partial charge on any atom is 0.357 e. The summed E-state index contributed by atoms with van der Waals surface area (Å²) in [6, 6.07) is 14.0. The van der Waals surface area contributed by atoms with E-state index in [-0.39, 0.29) is 41.3 Å². The van der Waals surface area contributed by atoms with Crippen LogP contribution in [-0.2, 0) is 16.0 Å². The summed E-state index contributed by atoms with van der Waals surface area (Å²) in [4.78, 5) is 25.2. The zero-order valence-corrected chi connectivity index (χ0v) is 17.2. The van der Waals surface area contributed by atoms with Crippen molar-refractivity contribution >= 4 is 29.2 Å². The van der Waals surface area contributed by atoms with Crippen molar-refractivity contribution < 1.29 is 23.5 Å². The van der Waals surface area contributed by atoms with Crippen LogP contribution >= 0.6 is 11.6 Å². The molecule has 8 heteroatoms. The smallest absolute Gasteiger partial charge is 0.357 e. The first kappa shape index (κ1) is 21.4. The van der Waals surface area contributed by atoms with Crippen molar-refractivity contribution in [1.29, 1.82) is 0 Å². The number of hydrogen-bond donors (Lipinski definition) is 1. The lowest BCUT2D eigenvalue weighted by atomic mass is 10.1. The van der Waals surface area contributed by atoms with Gasteiger partial charge in [-0.3, -0.25) is 9.36 Å². The Kier molecular flexibility index (Phi) is 6.74. The highest BCUT2D eigenvalue weighted by Gasteiger charge is 2.24. The van der Waals surface area contributed by atoms with Crippen LogP contribution in [0.4, 0.5) is 10.1 Å². The Balaban J connectivity index is 1.94. The molecule has 156 valence electrons. The quantitative estimate of drug-likeness (QED) is 0.554. The van der Waals surface area contributed by atoms with Crippen LogP contribution in [0.3, 0.4) is 0 Å². The van der Waals surface area contributed by atoms with Crippen LogP contribution in [0.2, 0.25) is 5.15 Å². The summed E-state index contributed by atoms with van der Waals surface area (Å²) in [5.74, 6) is -0.743. The maximum absolute atomic E-state index is 13.1. The summed E-state index contributed by atoms with van der Waals surface area (Å²) in [6.45, 7) is 1.85. The summed E-state index contributed by atoms with van der Waals surface area (Å²) in [6.07, 6.45) is 0.00782. The van der Waals surface area contributed by atoms with Gasteiger partial charge in [0.05, 0.1) is 25.8 Å². The number of esters is 1. The third-order valence-electron chi connectivity index (χ3n) is 4.31. The average molecular weight is 431 g/mol. The molecule has 1 N–H and O–H groups in total. The molecule has 0 aliphatic heterocycles. The van der Waals surface area contributed by atoms with Gasteiger partial charge in [-0.1, -0.05) is 23.7 Å². The molecular weight excluding hydrogens is 411 g/mol. The molecule has 3 aromatic rings. The molecule has 0 bridgehead atoms. The molecule has 0 radical (unpaired) electrons. The first-order valence-electron chi connectivity index (χ1n) is 9.20. The average Bonchev–Trinajstić information content (AvgIpc) is 3.05. The van der Waals surface area contributed by atoms with E-state index < -0.39 is 5.97 Å². The number of aromatic nitrogens is 1. The van der Waals surface area contributed by atoms with Crippen molar-refractivity contribution in [1.82, 2.24) is 4.57 Å². The second kappa shape index (κ2) is 9.45. The molecule has 1 aromatic heterocycles. The summed E-state index contributed by atoms with van der Waals surface area (Å²) >= 11 is 6.39. The summed E-state index contributed by atoms with van der Waals surface area (Å²) in [7, 11) is 1.55. The molecule has 0 unspecified atom stereocenters. The minimum absolute atomic E-state index is 0.00782. The zero-order chi connectivity index (χ0) is 21.7. The zero-order valence-electron chi connectivity index (χ0n) is 16.4. The van der Waals surface area contributed by atoms with E-state index in [0.717, 1.165) is 0 Å². The number of nitrogens with zero attached hydrogens (tertiary/aromatic N) is 1. The van der Waals surface area contributed by atoms with E-state index in [2.05, 4.69) is 5.32 Å². The van der Waals surface area contributed by atoms with Gasteiger partial charge in [0.25, 0.3) is 0 Å². The molecule has 0 saturated carbocycles. The van der Waals surface area contributed by atoms with Gasteiger partial charge in [-0.15, -0.1) is 0 Å². The molecule has 2 aromatic carbocycles. The van der Waals surface area contributed by atoms with E-state index in [9.17, 15) is 14.0 Å². The molecule has 0 spiro atoms. The highest BCUT2D eigenvalue weighted by atomic mass is 35.5. The van der Waals surface area contributed by atoms with Crippen LogP contribution < -0.4 is 10.1 Å². The Bertz CT molecular complexity index is 1050. The molecule has 0 aliphatic carbocycles. The normalized spacial score (nSPS) is 10.5. The Morgan fingerprint density at radius 3 is 2.37 bits per heavy atom. The second-order valence-corrected chi connectivity index (χ2v) is 6.72. The van der Waals surface area contributed by atoms with Crippen LogP contribution in [0.25, 0.3) is 5.69 Å². The summed E-state index contributed by atoms with van der Waals surface area (Å²) < 4.78 is 24.9. The first-order chi connectivity index (χ1) is 14.4. The van der Waals surface area contributed by atoms with Gasteiger partial charge in [-0.05, 0) is 55.0 Å².